The molecule has 0 saturated heterocycles. The Labute approximate surface area is 128 Å². The third-order valence-corrected chi connectivity index (χ3v) is 4.76. The van der Waals surface area contributed by atoms with Crippen LogP contribution in [0, 0.1) is 0 Å². The van der Waals surface area contributed by atoms with Crippen molar-refractivity contribution in [2.24, 2.45) is 4.99 Å². The molecule has 0 unspecified atom stereocenters. The van der Waals surface area contributed by atoms with Crippen LogP contribution in [-0.2, 0) is 11.6 Å². The van der Waals surface area contributed by atoms with Gasteiger partial charge in [0.1, 0.15) is 0 Å². The second kappa shape index (κ2) is 5.48. The molecule has 3 rings (SSSR count). The van der Waals surface area contributed by atoms with Crippen LogP contribution in [0.4, 0.5) is 13.2 Å². The maximum absolute atomic E-state index is 12.9. The van der Waals surface area contributed by atoms with Crippen molar-refractivity contribution in [3.05, 3.63) is 35.4 Å². The number of nitrogens with one attached hydrogen (secondary N) is 1. The van der Waals surface area contributed by atoms with Gasteiger partial charge in [0.25, 0.3) is 0 Å². The van der Waals surface area contributed by atoms with E-state index in [4.69, 9.17) is 0 Å². The Morgan fingerprint density at radius 3 is 2.64 bits per heavy atom. The van der Waals surface area contributed by atoms with Gasteiger partial charge in [-0.3, -0.25) is 4.99 Å². The molecule has 0 bridgehead atoms. The molecule has 6 heteroatoms. The molecule has 1 saturated carbocycles. The van der Waals surface area contributed by atoms with Gasteiger partial charge in [0.2, 0.25) is 0 Å². The minimum Gasteiger partial charge on any atom is -0.355 e. The molecule has 120 valence electrons. The lowest BCUT2D eigenvalue weighted by Crippen LogP contribution is -2.48. The summed E-state index contributed by atoms with van der Waals surface area (Å²) >= 11 is 0. The molecular weight excluding hydrogens is 291 g/mol. The predicted molar refractivity (Wildman–Crippen MR) is 79.9 cm³/mol. The summed E-state index contributed by atoms with van der Waals surface area (Å²) in [5, 5.41) is 3.33. The van der Waals surface area contributed by atoms with Crippen LogP contribution in [0.3, 0.4) is 0 Å². The van der Waals surface area contributed by atoms with E-state index < -0.39 is 11.7 Å². The average molecular weight is 311 g/mol. The van der Waals surface area contributed by atoms with Gasteiger partial charge in [-0.25, -0.2) is 0 Å². The highest BCUT2D eigenvalue weighted by atomic mass is 19.4. The fourth-order valence-corrected chi connectivity index (χ4v) is 3.17. The summed E-state index contributed by atoms with van der Waals surface area (Å²) in [4.78, 5) is 6.42. The van der Waals surface area contributed by atoms with Crippen molar-refractivity contribution in [2.75, 3.05) is 26.7 Å². The molecule has 0 radical (unpaired) electrons. The summed E-state index contributed by atoms with van der Waals surface area (Å²) in [5.41, 5.74) is 0.0154. The number of benzene rings is 1. The van der Waals surface area contributed by atoms with Crippen molar-refractivity contribution in [3.8, 4) is 0 Å². The highest BCUT2D eigenvalue weighted by molar-refractivity contribution is 5.81. The first-order valence-electron chi connectivity index (χ1n) is 7.58. The van der Waals surface area contributed by atoms with Gasteiger partial charge in [-0.2, -0.15) is 13.2 Å². The molecule has 0 spiro atoms. The Morgan fingerprint density at radius 1 is 1.32 bits per heavy atom. The molecule has 0 aromatic heterocycles. The van der Waals surface area contributed by atoms with Gasteiger partial charge >= 0.3 is 6.18 Å². The normalized spacial score (nSPS) is 20.5. The molecule has 1 aromatic rings. The highest BCUT2D eigenvalue weighted by Gasteiger charge is 2.40. The zero-order valence-corrected chi connectivity index (χ0v) is 12.6. The predicted octanol–water partition coefficient (Wildman–Crippen LogP) is 3.02. The first-order valence-corrected chi connectivity index (χ1v) is 7.58. The van der Waals surface area contributed by atoms with Gasteiger partial charge in [0, 0.05) is 25.6 Å². The van der Waals surface area contributed by atoms with Crippen LogP contribution in [0.1, 0.15) is 30.4 Å². The number of aliphatic imine (C=N–C) groups is 1. The summed E-state index contributed by atoms with van der Waals surface area (Å²) in [5.74, 6) is 0.846. The van der Waals surface area contributed by atoms with Gasteiger partial charge in [-0.15, -0.1) is 0 Å². The Bertz CT molecular complexity index is 576. The van der Waals surface area contributed by atoms with Gasteiger partial charge in [-0.1, -0.05) is 24.6 Å². The largest absolute Gasteiger partial charge is 0.416 e. The summed E-state index contributed by atoms with van der Waals surface area (Å²) in [6, 6.07) is 5.77. The number of alkyl halides is 3. The molecule has 2 aliphatic rings. The summed E-state index contributed by atoms with van der Waals surface area (Å²) in [7, 11) is 1.97. The Hall–Kier alpha value is -1.72. The van der Waals surface area contributed by atoms with Crippen LogP contribution in [0.15, 0.2) is 29.3 Å². The standard InChI is InChI=1S/C16H20F3N3/c1-22-9-8-20-14(22)21-11-15(6-3-7-15)12-4-2-5-13(10-12)16(17,18)19/h2,4-5,10H,3,6-9,11H2,1H3,(H,20,21). The SMILES string of the molecule is CN1CCN=C1NCC1(c2cccc(C(F)(F)F)c2)CCC1. The summed E-state index contributed by atoms with van der Waals surface area (Å²) in [6.45, 7) is 2.30. The molecule has 1 N–H and O–H groups in total. The third-order valence-electron chi connectivity index (χ3n) is 4.76. The number of hydrogen-bond acceptors (Lipinski definition) is 3. The third kappa shape index (κ3) is 2.78. The van der Waals surface area contributed by atoms with E-state index in [1.165, 1.54) is 12.1 Å². The maximum atomic E-state index is 12.9. The second-order valence-corrected chi connectivity index (χ2v) is 6.19. The lowest BCUT2D eigenvalue weighted by molar-refractivity contribution is -0.137. The fraction of sp³-hybridized carbons (Fsp3) is 0.562. The Morgan fingerprint density at radius 2 is 2.09 bits per heavy atom. The zero-order valence-electron chi connectivity index (χ0n) is 12.6. The average Bonchev–Trinajstić information content (AvgIpc) is 2.83. The van der Waals surface area contributed by atoms with E-state index in [0.717, 1.165) is 49.9 Å². The number of guanidine groups is 1. The molecule has 3 nitrogen and oxygen atoms in total. The topological polar surface area (TPSA) is 27.6 Å². The van der Waals surface area contributed by atoms with Crippen LogP contribution in [-0.4, -0.2) is 37.5 Å². The number of halogens is 3. The minimum atomic E-state index is -4.29. The summed E-state index contributed by atoms with van der Waals surface area (Å²) < 4.78 is 38.8. The summed E-state index contributed by atoms with van der Waals surface area (Å²) in [6.07, 6.45) is -1.40. The van der Waals surface area contributed by atoms with Gasteiger partial charge < -0.3 is 10.2 Å². The van der Waals surface area contributed by atoms with Crippen LogP contribution in [0.25, 0.3) is 0 Å². The van der Waals surface area contributed by atoms with E-state index in [2.05, 4.69) is 10.3 Å². The molecule has 0 amide bonds. The monoisotopic (exact) mass is 311 g/mol. The van der Waals surface area contributed by atoms with Crippen LogP contribution in [0.5, 0.6) is 0 Å². The van der Waals surface area contributed by atoms with Crippen LogP contribution < -0.4 is 5.32 Å². The number of likely N-dealkylation sites (N-methyl/N-ethyl adjacent to an activating group) is 1. The van der Waals surface area contributed by atoms with Crippen molar-refractivity contribution in [3.63, 3.8) is 0 Å². The van der Waals surface area contributed by atoms with Crippen molar-refractivity contribution >= 4 is 5.96 Å². The van der Waals surface area contributed by atoms with Crippen LogP contribution >= 0.6 is 0 Å². The lowest BCUT2D eigenvalue weighted by atomic mass is 9.64. The van der Waals surface area contributed by atoms with Crippen LogP contribution in [0.2, 0.25) is 0 Å². The molecule has 22 heavy (non-hydrogen) atoms. The number of rotatable bonds is 3. The number of hydrogen-bond donors (Lipinski definition) is 1. The molecule has 1 fully saturated rings. The van der Waals surface area contributed by atoms with Crippen molar-refractivity contribution in [1.82, 2.24) is 10.2 Å². The molecule has 1 heterocycles. The van der Waals surface area contributed by atoms with Crippen molar-refractivity contribution < 1.29 is 13.2 Å². The molecule has 1 aliphatic carbocycles. The lowest BCUT2D eigenvalue weighted by Gasteiger charge is -2.43. The van der Waals surface area contributed by atoms with Gasteiger partial charge in [0.05, 0.1) is 12.1 Å². The van der Waals surface area contributed by atoms with E-state index in [1.807, 2.05) is 18.0 Å². The molecule has 1 aliphatic heterocycles. The zero-order chi connectivity index (χ0) is 15.8. The van der Waals surface area contributed by atoms with E-state index in [0.29, 0.717) is 6.54 Å². The first kappa shape index (κ1) is 15.2. The second-order valence-electron chi connectivity index (χ2n) is 6.19. The quantitative estimate of drug-likeness (QED) is 0.929. The molecular formula is C16H20F3N3. The fourth-order valence-electron chi connectivity index (χ4n) is 3.17. The van der Waals surface area contributed by atoms with E-state index >= 15 is 0 Å². The molecule has 1 aromatic carbocycles. The number of nitrogens with zero attached hydrogens (tertiary/aromatic N) is 2. The molecule has 0 atom stereocenters. The van der Waals surface area contributed by atoms with Gasteiger partial charge in [0.15, 0.2) is 5.96 Å². The van der Waals surface area contributed by atoms with Crippen molar-refractivity contribution in [1.29, 1.82) is 0 Å². The van der Waals surface area contributed by atoms with Crippen molar-refractivity contribution in [2.45, 2.75) is 30.9 Å². The minimum absolute atomic E-state index is 0.201. The first-order chi connectivity index (χ1) is 10.4. The van der Waals surface area contributed by atoms with E-state index in [-0.39, 0.29) is 5.41 Å². The highest BCUT2D eigenvalue weighted by Crippen LogP contribution is 2.44. The smallest absolute Gasteiger partial charge is 0.355 e. The van der Waals surface area contributed by atoms with Gasteiger partial charge in [-0.05, 0) is 24.5 Å². The Kier molecular flexibility index (Phi) is 3.78. The van der Waals surface area contributed by atoms with E-state index in [1.54, 1.807) is 0 Å². The maximum Gasteiger partial charge on any atom is 0.416 e. The Balaban J connectivity index is 1.78. The van der Waals surface area contributed by atoms with E-state index in [9.17, 15) is 13.2 Å².